The summed E-state index contributed by atoms with van der Waals surface area (Å²) in [5, 5.41) is 3.74. The molecule has 5 heteroatoms. The number of benzene rings is 2. The second kappa shape index (κ2) is 5.90. The minimum Gasteiger partial charge on any atom is -0.351 e. The highest BCUT2D eigenvalue weighted by Gasteiger charge is 2.44. The normalized spacial score (nSPS) is 15.4. The molecule has 0 saturated heterocycles. The quantitative estimate of drug-likeness (QED) is 0.868. The number of nitrogens with one attached hydrogen (secondary N) is 1. The monoisotopic (exact) mass is 337 g/mol. The van der Waals surface area contributed by atoms with E-state index in [2.05, 4.69) is 5.32 Å². The van der Waals surface area contributed by atoms with Crippen molar-refractivity contribution in [2.24, 2.45) is 0 Å². The summed E-state index contributed by atoms with van der Waals surface area (Å²) in [6.45, 7) is 0.510. The summed E-state index contributed by atoms with van der Waals surface area (Å²) in [6, 6.07) is 11.3. The fourth-order valence-electron chi connectivity index (χ4n) is 2.54. The maximum Gasteiger partial charge on any atom is 0.252 e. The molecule has 0 aliphatic heterocycles. The second-order valence-corrected chi connectivity index (χ2v) is 6.44. The van der Waals surface area contributed by atoms with Gasteiger partial charge in [0.15, 0.2) is 0 Å². The zero-order chi connectivity index (χ0) is 15.7. The molecule has 2 nitrogen and oxygen atoms in total. The van der Waals surface area contributed by atoms with Crippen LogP contribution in [0.25, 0.3) is 0 Å². The zero-order valence-electron chi connectivity index (χ0n) is 11.7. The van der Waals surface area contributed by atoms with Crippen molar-refractivity contribution < 1.29 is 9.18 Å². The van der Waals surface area contributed by atoms with E-state index in [1.165, 1.54) is 12.1 Å². The van der Waals surface area contributed by atoms with Gasteiger partial charge in [-0.25, -0.2) is 4.39 Å². The standard InChI is InChI=1S/C17H14Cl2FNO/c18-12-3-6-14(15(19)9-12)16(22)21-10-17(7-8-17)11-1-4-13(20)5-2-11/h1-6,9H,7-8,10H2,(H,21,22). The summed E-state index contributed by atoms with van der Waals surface area (Å²) in [5.41, 5.74) is 1.37. The van der Waals surface area contributed by atoms with Gasteiger partial charge in [-0.05, 0) is 48.7 Å². The van der Waals surface area contributed by atoms with E-state index >= 15 is 0 Å². The Labute approximate surface area is 138 Å². The van der Waals surface area contributed by atoms with Crippen molar-refractivity contribution in [2.45, 2.75) is 18.3 Å². The summed E-state index contributed by atoms with van der Waals surface area (Å²) < 4.78 is 13.0. The summed E-state index contributed by atoms with van der Waals surface area (Å²) in [5.74, 6) is -0.480. The number of carbonyl (C=O) groups is 1. The average Bonchev–Trinajstić information content (AvgIpc) is 3.27. The Bertz CT molecular complexity index is 711. The number of hydrogen-bond donors (Lipinski definition) is 1. The van der Waals surface area contributed by atoms with Gasteiger partial charge in [0.25, 0.3) is 5.91 Å². The molecule has 0 aromatic heterocycles. The molecule has 0 bridgehead atoms. The third-order valence-electron chi connectivity index (χ3n) is 4.07. The van der Waals surface area contributed by atoms with E-state index in [-0.39, 0.29) is 17.1 Å². The minimum atomic E-state index is -0.253. The van der Waals surface area contributed by atoms with Crippen LogP contribution in [0.2, 0.25) is 10.0 Å². The molecule has 22 heavy (non-hydrogen) atoms. The third kappa shape index (κ3) is 3.11. The van der Waals surface area contributed by atoms with Gasteiger partial charge >= 0.3 is 0 Å². The fraction of sp³-hybridized carbons (Fsp3) is 0.235. The Kier molecular flexibility index (Phi) is 4.11. The Hall–Kier alpha value is -1.58. The number of carbonyl (C=O) groups excluding carboxylic acids is 1. The largest absolute Gasteiger partial charge is 0.351 e. The van der Waals surface area contributed by atoms with Gasteiger partial charge in [0.05, 0.1) is 10.6 Å². The van der Waals surface area contributed by atoms with Crippen LogP contribution in [-0.2, 0) is 5.41 Å². The number of amides is 1. The molecular weight excluding hydrogens is 324 g/mol. The highest BCUT2D eigenvalue weighted by Crippen LogP contribution is 2.47. The molecule has 1 amide bonds. The smallest absolute Gasteiger partial charge is 0.252 e. The Balaban J connectivity index is 1.69. The lowest BCUT2D eigenvalue weighted by molar-refractivity contribution is 0.0950. The van der Waals surface area contributed by atoms with Gasteiger partial charge in [0, 0.05) is 17.0 Å². The van der Waals surface area contributed by atoms with E-state index in [0.29, 0.717) is 22.2 Å². The molecule has 1 aliphatic carbocycles. The van der Waals surface area contributed by atoms with Gasteiger partial charge in [-0.15, -0.1) is 0 Å². The van der Waals surface area contributed by atoms with Gasteiger partial charge in [-0.2, -0.15) is 0 Å². The first kappa shape index (κ1) is 15.3. The van der Waals surface area contributed by atoms with Crippen molar-refractivity contribution in [3.63, 3.8) is 0 Å². The molecule has 0 unspecified atom stereocenters. The lowest BCUT2D eigenvalue weighted by Gasteiger charge is -2.17. The highest BCUT2D eigenvalue weighted by molar-refractivity contribution is 6.36. The van der Waals surface area contributed by atoms with E-state index in [1.54, 1.807) is 30.3 Å². The molecule has 2 aromatic rings. The van der Waals surface area contributed by atoms with Crippen LogP contribution >= 0.6 is 23.2 Å². The fourth-order valence-corrected chi connectivity index (χ4v) is 3.03. The molecule has 1 saturated carbocycles. The molecule has 0 radical (unpaired) electrons. The lowest BCUT2D eigenvalue weighted by atomic mass is 9.96. The van der Waals surface area contributed by atoms with Crippen molar-refractivity contribution >= 4 is 29.1 Å². The minimum absolute atomic E-state index is 0.0811. The van der Waals surface area contributed by atoms with Crippen LogP contribution in [0.4, 0.5) is 4.39 Å². The van der Waals surface area contributed by atoms with E-state index in [0.717, 1.165) is 18.4 Å². The van der Waals surface area contributed by atoms with Crippen molar-refractivity contribution in [3.05, 3.63) is 69.5 Å². The Morgan fingerprint density at radius 1 is 1.14 bits per heavy atom. The Morgan fingerprint density at radius 2 is 1.82 bits per heavy atom. The summed E-state index contributed by atoms with van der Waals surface area (Å²) in [4.78, 5) is 12.2. The average molecular weight is 338 g/mol. The van der Waals surface area contributed by atoms with Crippen LogP contribution in [-0.4, -0.2) is 12.5 Å². The van der Waals surface area contributed by atoms with Crippen LogP contribution in [0.5, 0.6) is 0 Å². The van der Waals surface area contributed by atoms with Gasteiger partial charge in [0.2, 0.25) is 0 Å². The number of rotatable bonds is 4. The van der Waals surface area contributed by atoms with Crippen molar-refractivity contribution in [2.75, 3.05) is 6.54 Å². The van der Waals surface area contributed by atoms with E-state index in [4.69, 9.17) is 23.2 Å². The van der Waals surface area contributed by atoms with Crippen molar-refractivity contribution in [1.82, 2.24) is 5.32 Å². The lowest BCUT2D eigenvalue weighted by Crippen LogP contribution is -2.32. The first-order valence-corrected chi connectivity index (χ1v) is 7.75. The topological polar surface area (TPSA) is 29.1 Å². The maximum atomic E-state index is 13.0. The van der Waals surface area contributed by atoms with Crippen LogP contribution in [0.15, 0.2) is 42.5 Å². The van der Waals surface area contributed by atoms with Gasteiger partial charge in [-0.3, -0.25) is 4.79 Å². The molecular formula is C17H14Cl2FNO. The highest BCUT2D eigenvalue weighted by atomic mass is 35.5. The van der Waals surface area contributed by atoms with E-state index < -0.39 is 0 Å². The van der Waals surface area contributed by atoms with Gasteiger partial charge in [0.1, 0.15) is 5.82 Å². The number of hydrogen-bond acceptors (Lipinski definition) is 1. The van der Waals surface area contributed by atoms with Crippen LogP contribution in [0.1, 0.15) is 28.8 Å². The second-order valence-electron chi connectivity index (χ2n) is 5.59. The predicted molar refractivity (Wildman–Crippen MR) is 86.1 cm³/mol. The summed E-state index contributed by atoms with van der Waals surface area (Å²) >= 11 is 11.9. The zero-order valence-corrected chi connectivity index (χ0v) is 13.2. The Morgan fingerprint density at radius 3 is 2.41 bits per heavy atom. The third-order valence-corrected chi connectivity index (χ3v) is 4.62. The van der Waals surface area contributed by atoms with Crippen LogP contribution in [0.3, 0.4) is 0 Å². The van der Waals surface area contributed by atoms with Crippen LogP contribution < -0.4 is 5.32 Å². The van der Waals surface area contributed by atoms with Gasteiger partial charge < -0.3 is 5.32 Å². The van der Waals surface area contributed by atoms with E-state index in [9.17, 15) is 9.18 Å². The summed E-state index contributed by atoms with van der Waals surface area (Å²) in [7, 11) is 0. The maximum absolute atomic E-state index is 13.0. The number of halogens is 3. The molecule has 3 rings (SSSR count). The molecule has 1 fully saturated rings. The molecule has 0 atom stereocenters. The molecule has 0 heterocycles. The molecule has 1 aliphatic rings. The molecule has 114 valence electrons. The van der Waals surface area contributed by atoms with Gasteiger partial charge in [-0.1, -0.05) is 35.3 Å². The SMILES string of the molecule is O=C(NCC1(c2ccc(F)cc2)CC1)c1ccc(Cl)cc1Cl. The predicted octanol–water partition coefficient (Wildman–Crippen LogP) is 4.59. The molecule has 1 N–H and O–H groups in total. The summed E-state index contributed by atoms with van der Waals surface area (Å²) in [6.07, 6.45) is 1.96. The first-order valence-electron chi connectivity index (χ1n) is 6.99. The van der Waals surface area contributed by atoms with E-state index in [1.807, 2.05) is 0 Å². The van der Waals surface area contributed by atoms with Crippen LogP contribution in [0, 0.1) is 5.82 Å². The first-order chi connectivity index (χ1) is 10.5. The molecule has 2 aromatic carbocycles. The van der Waals surface area contributed by atoms with Crippen molar-refractivity contribution in [3.8, 4) is 0 Å². The molecule has 0 spiro atoms. The van der Waals surface area contributed by atoms with Crippen molar-refractivity contribution in [1.29, 1.82) is 0 Å².